The molecular formula is C19H16F3N5O4S. The second-order valence-electron chi connectivity index (χ2n) is 6.05. The molecule has 32 heavy (non-hydrogen) atoms. The number of anilines is 1. The Morgan fingerprint density at radius 3 is 2.41 bits per heavy atom. The summed E-state index contributed by atoms with van der Waals surface area (Å²) in [4.78, 5) is 23.9. The lowest BCUT2D eigenvalue weighted by molar-refractivity contribution is -0.274. The Bertz CT molecular complexity index is 1070. The molecule has 2 aromatic carbocycles. The summed E-state index contributed by atoms with van der Waals surface area (Å²) in [6, 6.07) is 11.2. The minimum absolute atomic E-state index is 0.0325. The van der Waals surface area contributed by atoms with Gasteiger partial charge in [0.1, 0.15) is 5.75 Å². The minimum atomic E-state index is -4.79. The Kier molecular flexibility index (Phi) is 7.30. The average molecular weight is 467 g/mol. The first kappa shape index (κ1) is 23.1. The van der Waals surface area contributed by atoms with Crippen molar-refractivity contribution in [1.82, 2.24) is 20.2 Å². The number of amides is 1. The molecule has 0 spiro atoms. The van der Waals surface area contributed by atoms with Crippen molar-refractivity contribution >= 4 is 29.3 Å². The van der Waals surface area contributed by atoms with E-state index in [1.165, 1.54) is 28.9 Å². The number of thioether (sulfide) groups is 1. The molecule has 0 fully saturated rings. The number of carbonyl (C=O) groups excluding carboxylic acids is 2. The number of rotatable bonds is 8. The number of carbonyl (C=O) groups is 2. The van der Waals surface area contributed by atoms with Gasteiger partial charge in [0, 0.05) is 5.69 Å². The molecule has 3 aromatic rings. The van der Waals surface area contributed by atoms with E-state index in [-0.39, 0.29) is 29.2 Å². The molecule has 0 aliphatic rings. The molecule has 9 nitrogen and oxygen atoms in total. The molecular weight excluding hydrogens is 451 g/mol. The van der Waals surface area contributed by atoms with Crippen LogP contribution in [0.25, 0.3) is 5.69 Å². The molecule has 1 amide bonds. The van der Waals surface area contributed by atoms with Crippen LogP contribution < -0.4 is 10.1 Å². The highest BCUT2D eigenvalue weighted by molar-refractivity contribution is 7.99. The zero-order valence-corrected chi connectivity index (χ0v) is 17.3. The van der Waals surface area contributed by atoms with Gasteiger partial charge in [-0.15, -0.1) is 18.3 Å². The van der Waals surface area contributed by atoms with Gasteiger partial charge < -0.3 is 14.8 Å². The van der Waals surface area contributed by atoms with Crippen LogP contribution in [0.15, 0.2) is 53.7 Å². The van der Waals surface area contributed by atoms with Crippen LogP contribution in [0, 0.1) is 0 Å². The zero-order chi connectivity index (χ0) is 23.1. The van der Waals surface area contributed by atoms with Gasteiger partial charge in [0.2, 0.25) is 11.1 Å². The Labute approximate surface area is 183 Å². The van der Waals surface area contributed by atoms with E-state index in [4.69, 9.17) is 4.74 Å². The molecule has 1 heterocycles. The molecule has 3 rings (SSSR count). The number of nitrogens with one attached hydrogen (secondary N) is 1. The van der Waals surface area contributed by atoms with Crippen molar-refractivity contribution in [1.29, 1.82) is 0 Å². The lowest BCUT2D eigenvalue weighted by Crippen LogP contribution is -2.17. The van der Waals surface area contributed by atoms with E-state index in [2.05, 4.69) is 25.6 Å². The second kappa shape index (κ2) is 10.1. The first-order chi connectivity index (χ1) is 15.2. The van der Waals surface area contributed by atoms with Crippen LogP contribution in [0.5, 0.6) is 5.75 Å². The van der Waals surface area contributed by atoms with Gasteiger partial charge in [-0.3, -0.25) is 4.79 Å². The normalized spacial score (nSPS) is 11.1. The molecule has 1 aromatic heterocycles. The fraction of sp³-hybridized carbons (Fsp3) is 0.211. The summed E-state index contributed by atoms with van der Waals surface area (Å²) in [5.41, 5.74) is 1.25. The maximum atomic E-state index is 12.3. The first-order valence-electron chi connectivity index (χ1n) is 9.09. The number of tetrazole rings is 1. The number of benzene rings is 2. The summed E-state index contributed by atoms with van der Waals surface area (Å²) >= 11 is 1.03. The van der Waals surface area contributed by atoms with Gasteiger partial charge in [-0.2, -0.15) is 4.68 Å². The fourth-order valence-electron chi connectivity index (χ4n) is 2.45. The summed E-state index contributed by atoms with van der Waals surface area (Å²) < 4.78 is 46.8. The largest absolute Gasteiger partial charge is 0.573 e. The lowest BCUT2D eigenvalue weighted by atomic mass is 10.2. The third kappa shape index (κ3) is 6.44. The van der Waals surface area contributed by atoms with Gasteiger partial charge in [-0.25, -0.2) is 4.79 Å². The van der Waals surface area contributed by atoms with Crippen LogP contribution in [0.4, 0.5) is 18.9 Å². The Morgan fingerprint density at radius 2 is 1.78 bits per heavy atom. The molecule has 0 aliphatic heterocycles. The van der Waals surface area contributed by atoms with Crippen LogP contribution in [0.2, 0.25) is 0 Å². The first-order valence-corrected chi connectivity index (χ1v) is 10.1. The topological polar surface area (TPSA) is 108 Å². The van der Waals surface area contributed by atoms with E-state index >= 15 is 0 Å². The molecule has 13 heteroatoms. The van der Waals surface area contributed by atoms with E-state index in [0.717, 1.165) is 23.9 Å². The summed E-state index contributed by atoms with van der Waals surface area (Å²) in [5, 5.41) is 14.1. The molecule has 168 valence electrons. The molecule has 0 atom stereocenters. The van der Waals surface area contributed by atoms with Crippen LogP contribution >= 0.6 is 11.8 Å². The number of hydrogen-bond donors (Lipinski definition) is 1. The third-order valence-corrected chi connectivity index (χ3v) is 4.69. The number of hydrogen-bond acceptors (Lipinski definition) is 8. The van der Waals surface area contributed by atoms with Crippen LogP contribution in [-0.4, -0.2) is 50.8 Å². The number of ether oxygens (including phenoxy) is 2. The van der Waals surface area contributed by atoms with Crippen LogP contribution in [0.1, 0.15) is 17.3 Å². The number of esters is 1. The molecule has 0 bridgehead atoms. The average Bonchev–Trinajstić information content (AvgIpc) is 3.21. The smallest absolute Gasteiger partial charge is 0.462 e. The monoisotopic (exact) mass is 467 g/mol. The second-order valence-corrected chi connectivity index (χ2v) is 6.99. The van der Waals surface area contributed by atoms with E-state index in [1.54, 1.807) is 19.1 Å². The summed E-state index contributed by atoms with van der Waals surface area (Å²) in [6.07, 6.45) is -4.79. The maximum absolute atomic E-state index is 12.3. The lowest BCUT2D eigenvalue weighted by Gasteiger charge is -2.09. The molecule has 0 saturated heterocycles. The molecule has 0 aliphatic carbocycles. The van der Waals surface area contributed by atoms with Gasteiger partial charge in [0.05, 0.1) is 23.6 Å². The van der Waals surface area contributed by atoms with Crippen molar-refractivity contribution in [2.45, 2.75) is 18.4 Å². The van der Waals surface area contributed by atoms with Crippen LogP contribution in [0.3, 0.4) is 0 Å². The van der Waals surface area contributed by atoms with Crippen molar-refractivity contribution < 1.29 is 32.2 Å². The summed E-state index contributed by atoms with van der Waals surface area (Å²) in [6.45, 7) is 1.97. The zero-order valence-electron chi connectivity index (χ0n) is 16.5. The predicted octanol–water partition coefficient (Wildman–Crippen LogP) is 3.47. The maximum Gasteiger partial charge on any atom is 0.573 e. The van der Waals surface area contributed by atoms with Crippen molar-refractivity contribution in [3.63, 3.8) is 0 Å². The van der Waals surface area contributed by atoms with E-state index in [0.29, 0.717) is 16.9 Å². The van der Waals surface area contributed by atoms with Gasteiger partial charge in [0.25, 0.3) is 0 Å². The predicted molar refractivity (Wildman–Crippen MR) is 108 cm³/mol. The van der Waals surface area contributed by atoms with Crippen molar-refractivity contribution in [3.05, 3.63) is 54.1 Å². The highest BCUT2D eigenvalue weighted by Gasteiger charge is 2.31. The number of nitrogens with zero attached hydrogens (tertiary/aromatic N) is 4. The number of aromatic nitrogens is 4. The summed E-state index contributed by atoms with van der Waals surface area (Å²) in [7, 11) is 0. The van der Waals surface area contributed by atoms with Gasteiger partial charge >= 0.3 is 12.3 Å². The Morgan fingerprint density at radius 1 is 1.09 bits per heavy atom. The van der Waals surface area contributed by atoms with Crippen molar-refractivity contribution in [2.75, 3.05) is 17.7 Å². The standard InChI is InChI=1S/C19H16F3N5O4S/c1-2-30-17(29)12-3-5-13(6-4-12)23-16(28)11-32-18-24-25-26-27(18)14-7-9-15(10-8-14)31-19(20,21)22/h3-10H,2,11H2,1H3,(H,23,28). The fourth-order valence-corrected chi connectivity index (χ4v) is 3.14. The highest BCUT2D eigenvalue weighted by Crippen LogP contribution is 2.25. The quantitative estimate of drug-likeness (QED) is 0.396. The van der Waals surface area contributed by atoms with Crippen molar-refractivity contribution in [3.8, 4) is 11.4 Å². The SMILES string of the molecule is CCOC(=O)c1ccc(NC(=O)CSc2nnnn2-c2ccc(OC(F)(F)F)cc2)cc1. The van der Waals surface area contributed by atoms with Gasteiger partial charge in [-0.05, 0) is 65.9 Å². The molecule has 0 unspecified atom stereocenters. The molecule has 1 N–H and O–H groups in total. The third-order valence-electron chi connectivity index (χ3n) is 3.77. The molecule has 0 saturated carbocycles. The van der Waals surface area contributed by atoms with Crippen LogP contribution in [-0.2, 0) is 9.53 Å². The number of alkyl halides is 3. The highest BCUT2D eigenvalue weighted by atomic mass is 32.2. The van der Waals surface area contributed by atoms with Gasteiger partial charge in [-0.1, -0.05) is 11.8 Å². The molecule has 0 radical (unpaired) electrons. The van der Waals surface area contributed by atoms with E-state index in [1.807, 2.05) is 0 Å². The number of halogens is 3. The Hall–Kier alpha value is -3.61. The minimum Gasteiger partial charge on any atom is -0.462 e. The van der Waals surface area contributed by atoms with E-state index < -0.39 is 12.3 Å². The van der Waals surface area contributed by atoms with Gasteiger partial charge in [0.15, 0.2) is 0 Å². The Balaban J connectivity index is 1.57. The van der Waals surface area contributed by atoms with Crippen molar-refractivity contribution in [2.24, 2.45) is 0 Å². The summed E-state index contributed by atoms with van der Waals surface area (Å²) in [5.74, 6) is -1.21. The van der Waals surface area contributed by atoms with E-state index in [9.17, 15) is 22.8 Å².